The molecule has 1 heterocycles. The van der Waals surface area contributed by atoms with Crippen molar-refractivity contribution in [2.75, 3.05) is 24.2 Å². The molecule has 7 heteroatoms. The van der Waals surface area contributed by atoms with Crippen LogP contribution in [0.5, 0.6) is 5.75 Å². The first-order chi connectivity index (χ1) is 11.3. The molecule has 0 aliphatic carbocycles. The second kappa shape index (κ2) is 7.98. The fourth-order valence-electron chi connectivity index (χ4n) is 2.72. The summed E-state index contributed by atoms with van der Waals surface area (Å²) in [7, 11) is -3.24. The van der Waals surface area contributed by atoms with E-state index in [1.165, 1.54) is 4.31 Å². The summed E-state index contributed by atoms with van der Waals surface area (Å²) in [4.78, 5) is 12.4. The number of benzene rings is 1. The van der Waals surface area contributed by atoms with Crippen molar-refractivity contribution in [3.05, 3.63) is 24.3 Å². The lowest BCUT2D eigenvalue weighted by Gasteiger charge is -2.30. The maximum Gasteiger partial charge on any atom is 0.228 e. The van der Waals surface area contributed by atoms with Crippen molar-refractivity contribution in [1.82, 2.24) is 4.31 Å². The smallest absolute Gasteiger partial charge is 0.228 e. The van der Waals surface area contributed by atoms with Crippen molar-refractivity contribution >= 4 is 21.6 Å². The van der Waals surface area contributed by atoms with Gasteiger partial charge in [-0.25, -0.2) is 12.7 Å². The Labute approximate surface area is 144 Å². The van der Waals surface area contributed by atoms with Gasteiger partial charge in [0, 0.05) is 18.8 Å². The fraction of sp³-hybridized carbons (Fsp3) is 0.588. The highest BCUT2D eigenvalue weighted by Crippen LogP contribution is 2.22. The number of ether oxygens (including phenoxy) is 1. The summed E-state index contributed by atoms with van der Waals surface area (Å²) in [6.45, 7) is 6.29. The maximum atomic E-state index is 12.4. The normalized spacial score (nSPS) is 19.2. The molecule has 1 N–H and O–H groups in total. The van der Waals surface area contributed by atoms with Crippen molar-refractivity contribution in [3.63, 3.8) is 0 Å². The number of amides is 1. The third-order valence-electron chi connectivity index (χ3n) is 4.01. The van der Waals surface area contributed by atoms with E-state index in [0.29, 0.717) is 25.1 Å². The Morgan fingerprint density at radius 3 is 2.58 bits per heavy atom. The first-order valence-electron chi connectivity index (χ1n) is 8.37. The minimum absolute atomic E-state index is 0.0681. The highest BCUT2D eigenvalue weighted by molar-refractivity contribution is 7.89. The van der Waals surface area contributed by atoms with Crippen LogP contribution in [0.1, 0.15) is 33.6 Å². The number of sulfonamides is 1. The van der Waals surface area contributed by atoms with Crippen molar-refractivity contribution < 1.29 is 17.9 Å². The molecule has 1 saturated heterocycles. The van der Waals surface area contributed by atoms with E-state index >= 15 is 0 Å². The van der Waals surface area contributed by atoms with E-state index in [1.807, 2.05) is 26.0 Å². The number of hydrogen-bond acceptors (Lipinski definition) is 4. The standard InChI is InChI=1S/C17H26N2O4S/c1-4-24(21,22)19-11-5-6-14(12-19)17(20)18-15-7-9-16(10-8-15)23-13(2)3/h7-10,13-14H,4-6,11-12H2,1-3H3,(H,18,20)/t14-/m0/s1. The lowest BCUT2D eigenvalue weighted by atomic mass is 9.99. The van der Waals surface area contributed by atoms with Crippen LogP contribution in [-0.2, 0) is 14.8 Å². The minimum atomic E-state index is -3.24. The Hall–Kier alpha value is -1.60. The van der Waals surface area contributed by atoms with E-state index in [1.54, 1.807) is 19.1 Å². The quantitative estimate of drug-likeness (QED) is 0.851. The van der Waals surface area contributed by atoms with Crippen molar-refractivity contribution in [2.24, 2.45) is 5.92 Å². The Balaban J connectivity index is 1.96. The Kier molecular flexibility index (Phi) is 6.23. The van der Waals surface area contributed by atoms with Crippen LogP contribution in [0.4, 0.5) is 5.69 Å². The molecular formula is C17H26N2O4S. The average Bonchev–Trinajstić information content (AvgIpc) is 2.56. The summed E-state index contributed by atoms with van der Waals surface area (Å²) < 4.78 is 31.0. The lowest BCUT2D eigenvalue weighted by Crippen LogP contribution is -2.44. The number of piperidine rings is 1. The molecule has 24 heavy (non-hydrogen) atoms. The van der Waals surface area contributed by atoms with Gasteiger partial charge in [-0.1, -0.05) is 0 Å². The number of nitrogens with one attached hydrogen (secondary N) is 1. The zero-order valence-electron chi connectivity index (χ0n) is 14.5. The molecule has 1 aromatic carbocycles. The summed E-state index contributed by atoms with van der Waals surface area (Å²) in [5.74, 6) is 0.370. The van der Waals surface area contributed by atoms with E-state index in [9.17, 15) is 13.2 Å². The van der Waals surface area contributed by atoms with E-state index < -0.39 is 10.0 Å². The highest BCUT2D eigenvalue weighted by Gasteiger charge is 2.31. The van der Waals surface area contributed by atoms with Crippen LogP contribution < -0.4 is 10.1 Å². The highest BCUT2D eigenvalue weighted by atomic mass is 32.2. The summed E-state index contributed by atoms with van der Waals surface area (Å²) in [5.41, 5.74) is 0.687. The molecule has 0 unspecified atom stereocenters. The minimum Gasteiger partial charge on any atom is -0.491 e. The number of carbonyl (C=O) groups excluding carboxylic acids is 1. The SMILES string of the molecule is CCS(=O)(=O)N1CCC[C@H](C(=O)Nc2ccc(OC(C)C)cc2)C1. The predicted molar refractivity (Wildman–Crippen MR) is 94.6 cm³/mol. The molecule has 0 saturated carbocycles. The van der Waals surface area contributed by atoms with Crippen LogP contribution in [0.3, 0.4) is 0 Å². The number of hydrogen-bond donors (Lipinski definition) is 1. The van der Waals surface area contributed by atoms with Gasteiger partial charge in [0.1, 0.15) is 5.75 Å². The van der Waals surface area contributed by atoms with Crippen molar-refractivity contribution in [1.29, 1.82) is 0 Å². The first-order valence-corrected chi connectivity index (χ1v) is 9.98. The van der Waals surface area contributed by atoms with Crippen molar-refractivity contribution in [3.8, 4) is 5.75 Å². The summed E-state index contributed by atoms with van der Waals surface area (Å²) >= 11 is 0. The van der Waals surface area contributed by atoms with E-state index in [0.717, 1.165) is 5.75 Å². The Bertz CT molecular complexity index is 656. The van der Waals surface area contributed by atoms with Crippen LogP contribution in [0, 0.1) is 5.92 Å². The predicted octanol–water partition coefficient (Wildman–Crippen LogP) is 2.47. The second-order valence-electron chi connectivity index (χ2n) is 6.28. The van der Waals surface area contributed by atoms with Gasteiger partial charge < -0.3 is 10.1 Å². The second-order valence-corrected chi connectivity index (χ2v) is 8.54. The van der Waals surface area contributed by atoms with E-state index in [-0.39, 0.29) is 30.2 Å². The van der Waals surface area contributed by atoms with Crippen LogP contribution in [-0.4, -0.2) is 43.6 Å². The van der Waals surface area contributed by atoms with Crippen LogP contribution in [0.25, 0.3) is 0 Å². The maximum absolute atomic E-state index is 12.4. The van der Waals surface area contributed by atoms with E-state index in [2.05, 4.69) is 5.32 Å². The molecular weight excluding hydrogens is 328 g/mol. The monoisotopic (exact) mass is 354 g/mol. The van der Waals surface area contributed by atoms with Gasteiger partial charge in [-0.05, 0) is 57.9 Å². The third-order valence-corrected chi connectivity index (χ3v) is 5.85. The number of nitrogens with zero attached hydrogens (tertiary/aromatic N) is 1. The number of rotatable bonds is 6. The van der Waals surface area contributed by atoms with Crippen LogP contribution in [0.2, 0.25) is 0 Å². The molecule has 1 atom stereocenters. The molecule has 2 rings (SSSR count). The zero-order valence-corrected chi connectivity index (χ0v) is 15.3. The number of anilines is 1. The number of carbonyl (C=O) groups is 1. The van der Waals surface area contributed by atoms with Gasteiger partial charge in [0.05, 0.1) is 17.8 Å². The van der Waals surface area contributed by atoms with Gasteiger partial charge >= 0.3 is 0 Å². The van der Waals surface area contributed by atoms with Gasteiger partial charge in [0.2, 0.25) is 15.9 Å². The third kappa shape index (κ3) is 4.95. The molecule has 1 amide bonds. The molecule has 0 spiro atoms. The Morgan fingerprint density at radius 1 is 1.33 bits per heavy atom. The molecule has 1 aromatic rings. The van der Waals surface area contributed by atoms with E-state index in [4.69, 9.17) is 4.74 Å². The van der Waals surface area contributed by atoms with Gasteiger partial charge in [0.15, 0.2) is 0 Å². The molecule has 6 nitrogen and oxygen atoms in total. The van der Waals surface area contributed by atoms with Gasteiger partial charge in [0.25, 0.3) is 0 Å². The fourth-order valence-corrected chi connectivity index (χ4v) is 3.90. The molecule has 134 valence electrons. The largest absolute Gasteiger partial charge is 0.491 e. The van der Waals surface area contributed by atoms with Crippen LogP contribution >= 0.6 is 0 Å². The summed E-state index contributed by atoms with van der Waals surface area (Å²) in [6, 6.07) is 7.20. The van der Waals surface area contributed by atoms with Gasteiger partial charge in [-0.15, -0.1) is 0 Å². The molecule has 1 aliphatic rings. The average molecular weight is 354 g/mol. The molecule has 1 aliphatic heterocycles. The molecule has 0 aromatic heterocycles. The summed E-state index contributed by atoms with van der Waals surface area (Å²) in [5, 5.41) is 2.87. The topological polar surface area (TPSA) is 75.7 Å². The lowest BCUT2D eigenvalue weighted by molar-refractivity contribution is -0.120. The van der Waals surface area contributed by atoms with Gasteiger partial charge in [-0.2, -0.15) is 0 Å². The Morgan fingerprint density at radius 2 is 2.00 bits per heavy atom. The molecule has 0 radical (unpaired) electrons. The molecule has 0 bridgehead atoms. The first kappa shape index (κ1) is 18.7. The zero-order chi connectivity index (χ0) is 17.7. The molecule has 1 fully saturated rings. The van der Waals surface area contributed by atoms with Crippen LogP contribution in [0.15, 0.2) is 24.3 Å². The van der Waals surface area contributed by atoms with Crippen molar-refractivity contribution in [2.45, 2.75) is 39.7 Å². The summed E-state index contributed by atoms with van der Waals surface area (Å²) in [6.07, 6.45) is 1.51. The van der Waals surface area contributed by atoms with Gasteiger partial charge in [-0.3, -0.25) is 4.79 Å².